The molecule has 0 spiro atoms. The molecule has 1 aliphatic carbocycles. The van der Waals surface area contributed by atoms with Gasteiger partial charge in [0.2, 0.25) is 11.8 Å². The normalized spacial score (nSPS) is 37.6. The van der Waals surface area contributed by atoms with Crippen molar-refractivity contribution in [2.45, 2.75) is 58.0 Å². The van der Waals surface area contributed by atoms with Crippen LogP contribution in [0.2, 0.25) is 0 Å². The third kappa shape index (κ3) is 2.79. The molecular weight excluding hydrogens is 216 g/mol. The average Bonchev–Trinajstić information content (AvgIpc) is 2.72. The topological polar surface area (TPSA) is 58.2 Å². The Hall–Kier alpha value is -1.06. The second kappa shape index (κ2) is 5.07. The molecule has 1 saturated carbocycles. The smallest absolute Gasteiger partial charge is 0.242 e. The van der Waals surface area contributed by atoms with E-state index in [4.69, 9.17) is 0 Å². The number of hydrogen-bond acceptors (Lipinski definition) is 2. The van der Waals surface area contributed by atoms with Gasteiger partial charge in [-0.05, 0) is 24.7 Å². The molecule has 1 saturated heterocycles. The van der Waals surface area contributed by atoms with Crippen LogP contribution >= 0.6 is 0 Å². The van der Waals surface area contributed by atoms with Gasteiger partial charge in [0.05, 0.1) is 0 Å². The summed E-state index contributed by atoms with van der Waals surface area (Å²) in [5.41, 5.74) is 0. The summed E-state index contributed by atoms with van der Waals surface area (Å²) in [6.45, 7) is 4.46. The van der Waals surface area contributed by atoms with Gasteiger partial charge < -0.3 is 10.6 Å². The minimum Gasteiger partial charge on any atom is -0.351 e. The van der Waals surface area contributed by atoms with Gasteiger partial charge in [0.1, 0.15) is 6.04 Å². The van der Waals surface area contributed by atoms with Gasteiger partial charge >= 0.3 is 0 Å². The Labute approximate surface area is 103 Å². The molecule has 4 heteroatoms. The van der Waals surface area contributed by atoms with Crippen molar-refractivity contribution in [2.75, 3.05) is 0 Å². The Balaban J connectivity index is 1.87. The maximum absolute atomic E-state index is 12.0. The summed E-state index contributed by atoms with van der Waals surface area (Å²) in [6, 6.07) is -0.0179. The van der Waals surface area contributed by atoms with Crippen LogP contribution in [0.15, 0.2) is 0 Å². The fraction of sp³-hybridized carbons (Fsp3) is 0.846. The number of hydrogen-bond donors (Lipinski definition) is 2. The molecule has 1 aliphatic heterocycles. The first kappa shape index (κ1) is 12.4. The van der Waals surface area contributed by atoms with Crippen LogP contribution in [0.3, 0.4) is 0 Å². The first-order valence-corrected chi connectivity index (χ1v) is 6.67. The number of amides is 2. The van der Waals surface area contributed by atoms with Crippen molar-refractivity contribution in [3.63, 3.8) is 0 Å². The Morgan fingerprint density at radius 2 is 2.06 bits per heavy atom. The number of carbonyl (C=O) groups excluding carboxylic acids is 2. The van der Waals surface area contributed by atoms with Gasteiger partial charge in [-0.25, -0.2) is 0 Å². The molecule has 0 aromatic heterocycles. The first-order valence-electron chi connectivity index (χ1n) is 6.67. The summed E-state index contributed by atoms with van der Waals surface area (Å²) in [5.74, 6) is 1.20. The quantitative estimate of drug-likeness (QED) is 0.759. The summed E-state index contributed by atoms with van der Waals surface area (Å²) >= 11 is 0. The summed E-state index contributed by atoms with van der Waals surface area (Å²) in [4.78, 5) is 23.1. The molecule has 2 N–H and O–H groups in total. The summed E-state index contributed by atoms with van der Waals surface area (Å²) < 4.78 is 0. The van der Waals surface area contributed by atoms with Gasteiger partial charge in [-0.1, -0.05) is 26.7 Å². The Bertz CT molecular complexity index is 317. The molecule has 4 atom stereocenters. The van der Waals surface area contributed by atoms with E-state index in [2.05, 4.69) is 24.5 Å². The Morgan fingerprint density at radius 1 is 1.29 bits per heavy atom. The maximum atomic E-state index is 12.0. The Morgan fingerprint density at radius 3 is 2.71 bits per heavy atom. The van der Waals surface area contributed by atoms with E-state index in [1.165, 1.54) is 12.8 Å². The molecular formula is C13H22N2O2. The van der Waals surface area contributed by atoms with Gasteiger partial charge in [0.15, 0.2) is 0 Å². The lowest BCUT2D eigenvalue weighted by atomic mass is 9.78. The van der Waals surface area contributed by atoms with E-state index < -0.39 is 0 Å². The lowest BCUT2D eigenvalue weighted by molar-refractivity contribution is -0.126. The third-order valence-electron chi connectivity index (χ3n) is 4.35. The zero-order valence-electron chi connectivity index (χ0n) is 10.7. The monoisotopic (exact) mass is 238 g/mol. The molecule has 0 radical (unpaired) electrons. The molecule has 4 nitrogen and oxygen atoms in total. The number of rotatable bonds is 2. The first-order chi connectivity index (χ1) is 8.08. The lowest BCUT2D eigenvalue weighted by Gasteiger charge is -2.35. The van der Waals surface area contributed by atoms with Crippen LogP contribution in [0.1, 0.15) is 46.0 Å². The van der Waals surface area contributed by atoms with E-state index >= 15 is 0 Å². The van der Waals surface area contributed by atoms with Gasteiger partial charge in [0, 0.05) is 12.5 Å². The van der Waals surface area contributed by atoms with E-state index in [9.17, 15) is 9.59 Å². The average molecular weight is 238 g/mol. The van der Waals surface area contributed by atoms with E-state index in [0.29, 0.717) is 24.7 Å². The molecule has 4 unspecified atom stereocenters. The van der Waals surface area contributed by atoms with Crippen LogP contribution in [-0.2, 0) is 9.59 Å². The third-order valence-corrected chi connectivity index (χ3v) is 4.35. The van der Waals surface area contributed by atoms with Crippen LogP contribution < -0.4 is 10.6 Å². The van der Waals surface area contributed by atoms with Crippen LogP contribution in [0.5, 0.6) is 0 Å². The van der Waals surface area contributed by atoms with Crippen LogP contribution in [0.4, 0.5) is 0 Å². The SMILES string of the molecule is CC1CCCC(NC(=O)C2CCC(=O)N2)C1C. The largest absolute Gasteiger partial charge is 0.351 e. The lowest BCUT2D eigenvalue weighted by Crippen LogP contribution is -2.50. The van der Waals surface area contributed by atoms with Crippen molar-refractivity contribution in [1.82, 2.24) is 10.6 Å². The fourth-order valence-corrected chi connectivity index (χ4v) is 2.88. The van der Waals surface area contributed by atoms with Crippen molar-refractivity contribution in [1.29, 1.82) is 0 Å². The molecule has 0 aromatic carbocycles. The van der Waals surface area contributed by atoms with Crippen molar-refractivity contribution in [2.24, 2.45) is 11.8 Å². The molecule has 2 aliphatic rings. The highest BCUT2D eigenvalue weighted by Gasteiger charge is 2.32. The molecule has 0 aromatic rings. The number of carbonyl (C=O) groups is 2. The molecule has 17 heavy (non-hydrogen) atoms. The standard InChI is InChI=1S/C13H22N2O2/c1-8-4-3-5-10(9(8)2)15-13(17)11-6-7-12(16)14-11/h8-11H,3-7H2,1-2H3,(H,14,16)(H,15,17). The zero-order valence-corrected chi connectivity index (χ0v) is 10.7. The molecule has 2 amide bonds. The molecule has 96 valence electrons. The van der Waals surface area contributed by atoms with E-state index in [0.717, 1.165) is 6.42 Å². The van der Waals surface area contributed by atoms with Crippen molar-refractivity contribution >= 4 is 11.8 Å². The van der Waals surface area contributed by atoms with Gasteiger partial charge in [-0.2, -0.15) is 0 Å². The molecule has 0 bridgehead atoms. The highest BCUT2D eigenvalue weighted by molar-refractivity contribution is 5.90. The van der Waals surface area contributed by atoms with Crippen LogP contribution in [0.25, 0.3) is 0 Å². The van der Waals surface area contributed by atoms with Crippen molar-refractivity contribution in [3.05, 3.63) is 0 Å². The van der Waals surface area contributed by atoms with E-state index in [1.54, 1.807) is 0 Å². The van der Waals surface area contributed by atoms with E-state index in [-0.39, 0.29) is 23.9 Å². The second-order valence-electron chi connectivity index (χ2n) is 5.54. The molecule has 2 rings (SSSR count). The highest BCUT2D eigenvalue weighted by atomic mass is 16.2. The summed E-state index contributed by atoms with van der Waals surface area (Å²) in [7, 11) is 0. The highest BCUT2D eigenvalue weighted by Crippen LogP contribution is 2.29. The van der Waals surface area contributed by atoms with Crippen molar-refractivity contribution in [3.8, 4) is 0 Å². The predicted molar refractivity (Wildman–Crippen MR) is 65.3 cm³/mol. The second-order valence-corrected chi connectivity index (χ2v) is 5.54. The number of nitrogens with one attached hydrogen (secondary N) is 2. The van der Waals surface area contributed by atoms with Crippen LogP contribution in [-0.4, -0.2) is 23.9 Å². The van der Waals surface area contributed by atoms with Gasteiger partial charge in [0.25, 0.3) is 0 Å². The maximum Gasteiger partial charge on any atom is 0.242 e. The van der Waals surface area contributed by atoms with Crippen molar-refractivity contribution < 1.29 is 9.59 Å². The van der Waals surface area contributed by atoms with E-state index in [1.807, 2.05) is 0 Å². The summed E-state index contributed by atoms with van der Waals surface area (Å²) in [6.07, 6.45) is 4.63. The van der Waals surface area contributed by atoms with Gasteiger partial charge in [-0.3, -0.25) is 9.59 Å². The molecule has 1 heterocycles. The zero-order chi connectivity index (χ0) is 12.4. The molecule has 2 fully saturated rings. The minimum atomic E-state index is -0.299. The van der Waals surface area contributed by atoms with Crippen LogP contribution in [0, 0.1) is 11.8 Å². The summed E-state index contributed by atoms with van der Waals surface area (Å²) in [5, 5.41) is 5.83. The Kier molecular flexibility index (Phi) is 3.69. The van der Waals surface area contributed by atoms with Gasteiger partial charge in [-0.15, -0.1) is 0 Å². The predicted octanol–water partition coefficient (Wildman–Crippen LogP) is 1.21. The minimum absolute atomic E-state index is 0.00167. The fourth-order valence-electron chi connectivity index (χ4n) is 2.88.